The first-order valence-corrected chi connectivity index (χ1v) is 5.95. The van der Waals surface area contributed by atoms with Crippen LogP contribution in [-0.2, 0) is 19.1 Å². The summed E-state index contributed by atoms with van der Waals surface area (Å²) in [5.74, 6) is -0.870. The average molecular weight is 279 g/mol. The van der Waals surface area contributed by atoms with Crippen LogP contribution in [0.15, 0.2) is 0 Å². The highest BCUT2D eigenvalue weighted by Crippen LogP contribution is 2.35. The summed E-state index contributed by atoms with van der Waals surface area (Å²) in [5.41, 5.74) is 0. The van der Waals surface area contributed by atoms with Crippen LogP contribution in [0.2, 0.25) is 0 Å². The predicted molar refractivity (Wildman–Crippen MR) is 57.8 cm³/mol. The molecule has 0 aromatic carbocycles. The quantitative estimate of drug-likeness (QED) is 0.572. The van der Waals surface area contributed by atoms with Crippen LogP contribution < -0.4 is 0 Å². The largest absolute Gasteiger partial charge is 0.469 e. The van der Waals surface area contributed by atoms with Crippen molar-refractivity contribution in [2.24, 2.45) is 11.8 Å². The van der Waals surface area contributed by atoms with E-state index in [0.717, 1.165) is 0 Å². The molecule has 0 bridgehead atoms. The molecule has 3 atom stereocenters. The van der Waals surface area contributed by atoms with Crippen LogP contribution in [0.4, 0.5) is 0 Å². The van der Waals surface area contributed by atoms with Gasteiger partial charge in [0.15, 0.2) is 0 Å². The summed E-state index contributed by atoms with van der Waals surface area (Å²) in [6.07, 6.45) is 1.18. The molecule has 0 amide bonds. The molecule has 0 radical (unpaired) electrons. The predicted octanol–water partition coefficient (Wildman–Crippen LogP) is 1.16. The van der Waals surface area contributed by atoms with Gasteiger partial charge in [-0.25, -0.2) is 0 Å². The van der Waals surface area contributed by atoms with Crippen molar-refractivity contribution in [3.8, 4) is 0 Å². The Morgan fingerprint density at radius 2 is 1.87 bits per heavy atom. The van der Waals surface area contributed by atoms with E-state index in [1.807, 2.05) is 0 Å². The maximum absolute atomic E-state index is 11.6. The third-order valence-corrected chi connectivity index (χ3v) is 3.45. The topological polar surface area (TPSA) is 52.6 Å². The van der Waals surface area contributed by atoms with E-state index in [1.54, 1.807) is 7.11 Å². The van der Waals surface area contributed by atoms with Crippen molar-refractivity contribution >= 4 is 27.7 Å². The van der Waals surface area contributed by atoms with Crippen molar-refractivity contribution < 1.29 is 19.1 Å². The lowest BCUT2D eigenvalue weighted by molar-refractivity contribution is -0.148. The molecule has 86 valence electrons. The summed E-state index contributed by atoms with van der Waals surface area (Å²) >= 11 is 3.12. The Morgan fingerprint density at radius 3 is 2.33 bits per heavy atom. The van der Waals surface area contributed by atoms with Crippen LogP contribution >= 0.6 is 15.9 Å². The van der Waals surface area contributed by atoms with Gasteiger partial charge in [0.2, 0.25) is 0 Å². The highest BCUT2D eigenvalue weighted by Gasteiger charge is 2.42. The average Bonchev–Trinajstić information content (AvgIpc) is 2.70. The number of halogens is 1. The van der Waals surface area contributed by atoms with Crippen molar-refractivity contribution in [3.05, 3.63) is 0 Å². The molecule has 1 aliphatic carbocycles. The highest BCUT2D eigenvalue weighted by molar-refractivity contribution is 9.09. The minimum Gasteiger partial charge on any atom is -0.469 e. The van der Waals surface area contributed by atoms with Gasteiger partial charge in [-0.15, -0.1) is 0 Å². The van der Waals surface area contributed by atoms with Gasteiger partial charge in [-0.05, 0) is 12.8 Å². The lowest BCUT2D eigenvalue weighted by Gasteiger charge is -2.14. The van der Waals surface area contributed by atoms with Gasteiger partial charge in [0.25, 0.3) is 0 Å². The van der Waals surface area contributed by atoms with Crippen LogP contribution in [0.25, 0.3) is 0 Å². The molecule has 1 rings (SSSR count). The van der Waals surface area contributed by atoms with E-state index in [2.05, 4.69) is 20.7 Å². The number of ketones is 1. The minimum atomic E-state index is -0.343. The van der Waals surface area contributed by atoms with Gasteiger partial charge in [-0.2, -0.15) is 0 Å². The van der Waals surface area contributed by atoms with E-state index in [1.165, 1.54) is 7.11 Å². The molecule has 0 aliphatic heterocycles. The zero-order chi connectivity index (χ0) is 11.4. The summed E-state index contributed by atoms with van der Waals surface area (Å²) in [6.45, 7) is 0. The number of rotatable bonds is 4. The van der Waals surface area contributed by atoms with Crippen molar-refractivity contribution in [1.82, 2.24) is 0 Å². The number of alkyl halides is 1. The number of carbonyl (C=O) groups excluding carboxylic acids is 2. The van der Waals surface area contributed by atoms with Gasteiger partial charge in [0.1, 0.15) is 5.78 Å². The Labute approximate surface area is 97.4 Å². The van der Waals surface area contributed by atoms with Crippen molar-refractivity contribution in [1.29, 1.82) is 0 Å². The van der Waals surface area contributed by atoms with Gasteiger partial charge in [0.05, 0.1) is 24.5 Å². The molecule has 1 saturated carbocycles. The monoisotopic (exact) mass is 278 g/mol. The van der Waals surface area contributed by atoms with Crippen LogP contribution in [0.5, 0.6) is 0 Å². The van der Waals surface area contributed by atoms with E-state index >= 15 is 0 Å². The second kappa shape index (κ2) is 5.61. The molecule has 0 heterocycles. The van der Waals surface area contributed by atoms with Gasteiger partial charge in [-0.1, -0.05) is 15.9 Å². The molecule has 0 aromatic rings. The molecule has 1 fully saturated rings. The number of Topliss-reactive ketones (excluding diaryl/α,β-unsaturated/α-hetero) is 1. The minimum absolute atomic E-state index is 0.0119. The molecule has 0 aromatic heterocycles. The summed E-state index contributed by atoms with van der Waals surface area (Å²) in [7, 11) is 2.94. The van der Waals surface area contributed by atoms with Crippen molar-refractivity contribution in [3.63, 3.8) is 0 Å². The first-order valence-electron chi connectivity index (χ1n) is 4.83. The van der Waals surface area contributed by atoms with Crippen LogP contribution in [0.1, 0.15) is 12.8 Å². The first-order chi connectivity index (χ1) is 7.13. The number of carbonyl (C=O) groups is 2. The Hall–Kier alpha value is -0.420. The second-order valence-corrected chi connectivity index (χ2v) is 4.23. The normalized spacial score (nSPS) is 30.2. The van der Waals surface area contributed by atoms with Crippen LogP contribution in [-0.4, -0.2) is 37.4 Å². The molecule has 5 heteroatoms. The zero-order valence-electron chi connectivity index (χ0n) is 8.86. The molecule has 0 saturated heterocycles. The number of hydrogen-bond donors (Lipinski definition) is 0. The maximum atomic E-state index is 11.6. The van der Waals surface area contributed by atoms with Gasteiger partial charge < -0.3 is 9.47 Å². The number of esters is 1. The number of methoxy groups -OCH3 is 2. The fourth-order valence-electron chi connectivity index (χ4n) is 2.05. The zero-order valence-corrected chi connectivity index (χ0v) is 10.5. The Morgan fingerprint density at radius 1 is 1.27 bits per heavy atom. The standard InChI is InChI=1S/C10H15BrO4/c1-14-6-3-7(9(12)5-11)8(4-6)10(13)15-2/h6-8H,3-5H2,1-2H3/t6-,7?,8?/m0/s1. The van der Waals surface area contributed by atoms with E-state index < -0.39 is 0 Å². The first kappa shape index (κ1) is 12.6. The number of ether oxygens (including phenoxy) is 2. The lowest BCUT2D eigenvalue weighted by atomic mass is 9.93. The van der Waals surface area contributed by atoms with E-state index in [-0.39, 0.29) is 35.0 Å². The van der Waals surface area contributed by atoms with Crippen molar-refractivity contribution in [2.45, 2.75) is 18.9 Å². The van der Waals surface area contributed by atoms with Crippen LogP contribution in [0.3, 0.4) is 0 Å². The lowest BCUT2D eigenvalue weighted by Crippen LogP contribution is -2.27. The SMILES string of the molecule is COC(=O)C1C[C@@H](OC)CC1C(=O)CBr. The molecule has 0 N–H and O–H groups in total. The Bertz CT molecular complexity index is 230. The fraction of sp³-hybridized carbons (Fsp3) is 0.800. The van der Waals surface area contributed by atoms with Crippen LogP contribution in [0, 0.1) is 11.8 Å². The summed E-state index contributed by atoms with van der Waals surface area (Å²) in [6, 6.07) is 0. The summed E-state index contributed by atoms with van der Waals surface area (Å²) in [4.78, 5) is 23.1. The second-order valence-electron chi connectivity index (χ2n) is 3.67. The smallest absolute Gasteiger partial charge is 0.309 e. The molecule has 0 spiro atoms. The van der Waals surface area contributed by atoms with E-state index in [9.17, 15) is 9.59 Å². The molecule has 15 heavy (non-hydrogen) atoms. The fourth-order valence-corrected chi connectivity index (χ4v) is 2.47. The highest BCUT2D eigenvalue weighted by atomic mass is 79.9. The molecule has 2 unspecified atom stereocenters. The van der Waals surface area contributed by atoms with Crippen molar-refractivity contribution in [2.75, 3.05) is 19.5 Å². The third kappa shape index (κ3) is 2.78. The molecule has 4 nitrogen and oxygen atoms in total. The number of hydrogen-bond acceptors (Lipinski definition) is 4. The Kier molecular flexibility index (Phi) is 4.73. The van der Waals surface area contributed by atoms with E-state index in [0.29, 0.717) is 12.8 Å². The Balaban J connectivity index is 2.73. The van der Waals surface area contributed by atoms with Gasteiger partial charge in [0, 0.05) is 13.0 Å². The van der Waals surface area contributed by atoms with Gasteiger partial charge in [-0.3, -0.25) is 9.59 Å². The van der Waals surface area contributed by atoms with E-state index in [4.69, 9.17) is 4.74 Å². The molecule has 1 aliphatic rings. The maximum Gasteiger partial charge on any atom is 0.309 e. The summed E-state index contributed by atoms with van der Waals surface area (Å²) in [5, 5.41) is 0.279. The molecular weight excluding hydrogens is 264 g/mol. The summed E-state index contributed by atoms with van der Waals surface area (Å²) < 4.78 is 9.88. The third-order valence-electron chi connectivity index (χ3n) is 2.90. The van der Waals surface area contributed by atoms with Gasteiger partial charge >= 0.3 is 5.97 Å². The molecular formula is C10H15BrO4.